The Bertz CT molecular complexity index is 1180. The van der Waals surface area contributed by atoms with Crippen LogP contribution in [0, 0.1) is 17.6 Å². The summed E-state index contributed by atoms with van der Waals surface area (Å²) in [6.07, 6.45) is 7.81. The van der Waals surface area contributed by atoms with Crippen LogP contribution in [-0.4, -0.2) is 61.1 Å². The Morgan fingerprint density at radius 2 is 1.77 bits per heavy atom. The lowest BCUT2D eigenvalue weighted by Gasteiger charge is -2.39. The summed E-state index contributed by atoms with van der Waals surface area (Å²) in [6.45, 7) is 2.06. The molecule has 7 nitrogen and oxygen atoms in total. The predicted molar refractivity (Wildman–Crippen MR) is 132 cm³/mol. The first kappa shape index (κ1) is 27.5. The number of hydrogen-bond donors (Lipinski definition) is 0. The summed E-state index contributed by atoms with van der Waals surface area (Å²) < 4.78 is 52.3. The average molecular weight is 549 g/mol. The number of benzene rings is 1. The number of hydrogen-bond acceptors (Lipinski definition) is 6. The maximum atomic E-state index is 14.6. The van der Waals surface area contributed by atoms with Crippen molar-refractivity contribution in [1.82, 2.24) is 14.9 Å². The van der Waals surface area contributed by atoms with Gasteiger partial charge in [-0.2, -0.15) is 0 Å². The zero-order valence-electron chi connectivity index (χ0n) is 19.3. The fraction of sp³-hybridized carbons (Fsp3) is 0.522. The van der Waals surface area contributed by atoms with Gasteiger partial charge in [-0.3, -0.25) is 9.78 Å². The van der Waals surface area contributed by atoms with Gasteiger partial charge in [-0.05, 0) is 49.8 Å². The van der Waals surface area contributed by atoms with Crippen LogP contribution in [0.5, 0.6) is 0 Å². The highest BCUT2D eigenvalue weighted by atomic mass is 35.5. The Balaban J connectivity index is 0.00000342. The number of carbonyl (C=O) groups excluding carboxylic acids is 1. The number of piperidine rings is 1. The second kappa shape index (κ2) is 11.3. The van der Waals surface area contributed by atoms with E-state index in [1.807, 2.05) is 4.90 Å². The van der Waals surface area contributed by atoms with Gasteiger partial charge in [-0.1, -0.05) is 18.0 Å². The van der Waals surface area contributed by atoms with E-state index in [4.69, 9.17) is 11.6 Å². The lowest BCUT2D eigenvalue weighted by atomic mass is 9.93. The lowest BCUT2D eigenvalue weighted by Crippen LogP contribution is -2.49. The second-order valence-corrected chi connectivity index (χ2v) is 11.4. The van der Waals surface area contributed by atoms with Crippen LogP contribution in [0.4, 0.5) is 14.6 Å². The van der Waals surface area contributed by atoms with Crippen LogP contribution in [0.3, 0.4) is 0 Å². The van der Waals surface area contributed by atoms with Gasteiger partial charge in [-0.25, -0.2) is 22.2 Å². The molecule has 2 aliphatic heterocycles. The van der Waals surface area contributed by atoms with Crippen molar-refractivity contribution >= 4 is 45.6 Å². The third-order valence-corrected chi connectivity index (χ3v) is 7.92. The SMILES string of the molecule is CS(=O)(=O)c1cc(F)c(C[C@H]2CCCCN(C3CCN(c4cncc(Cl)n4)CC3)C2=O)cc1F.Cl. The number of rotatable bonds is 5. The minimum absolute atomic E-state index is 0. The topological polar surface area (TPSA) is 83.5 Å². The number of nitrogens with zero attached hydrogens (tertiary/aromatic N) is 4. The second-order valence-electron chi connectivity index (χ2n) is 8.99. The van der Waals surface area contributed by atoms with E-state index in [2.05, 4.69) is 14.9 Å². The predicted octanol–water partition coefficient (Wildman–Crippen LogP) is 4.07. The number of anilines is 1. The molecule has 0 saturated carbocycles. The Hall–Kier alpha value is -2.04. The van der Waals surface area contributed by atoms with Crippen LogP contribution >= 0.6 is 24.0 Å². The molecule has 4 rings (SSSR count). The molecule has 0 bridgehead atoms. The van der Waals surface area contributed by atoms with Crippen molar-refractivity contribution in [2.24, 2.45) is 5.92 Å². The molecule has 0 radical (unpaired) electrons. The maximum absolute atomic E-state index is 14.6. The molecule has 0 N–H and O–H groups in total. The molecule has 3 heterocycles. The van der Waals surface area contributed by atoms with Gasteiger partial charge in [0.25, 0.3) is 0 Å². The number of likely N-dealkylation sites (tertiary alicyclic amines) is 1. The van der Waals surface area contributed by atoms with Gasteiger partial charge in [0.05, 0.1) is 12.4 Å². The first-order chi connectivity index (χ1) is 16.1. The van der Waals surface area contributed by atoms with Crippen molar-refractivity contribution in [3.8, 4) is 0 Å². The summed E-state index contributed by atoms with van der Waals surface area (Å²) in [5.74, 6) is -1.61. The molecular formula is C23H28Cl2F2N4O3S. The Labute approximate surface area is 215 Å². The first-order valence-corrected chi connectivity index (χ1v) is 13.6. The van der Waals surface area contributed by atoms with Crippen LogP contribution in [0.15, 0.2) is 29.4 Å². The molecule has 2 fully saturated rings. The number of aromatic nitrogens is 2. The number of carbonyl (C=O) groups is 1. The van der Waals surface area contributed by atoms with Crippen LogP contribution in [0.1, 0.15) is 37.7 Å². The van der Waals surface area contributed by atoms with E-state index >= 15 is 0 Å². The Kier molecular flexibility index (Phi) is 8.93. The highest BCUT2D eigenvalue weighted by molar-refractivity contribution is 7.90. The van der Waals surface area contributed by atoms with E-state index in [9.17, 15) is 22.0 Å². The molecule has 192 valence electrons. The normalized spacial score (nSPS) is 19.9. The van der Waals surface area contributed by atoms with E-state index in [1.165, 1.54) is 6.20 Å². The standard InChI is InChI=1S/C23H27ClF2N4O3S.ClH/c1-34(32,33)20-12-18(25)16(11-19(20)26)10-15-4-2-3-7-30(23(15)31)17-5-8-29(9-6-17)22-14-27-13-21(24)28-22;/h11-15,17H,2-10H2,1H3;1H/t15-;/m1./s1. The van der Waals surface area contributed by atoms with Gasteiger partial charge in [0.2, 0.25) is 5.91 Å². The van der Waals surface area contributed by atoms with Crippen molar-refractivity contribution < 1.29 is 22.0 Å². The molecule has 1 aromatic carbocycles. The summed E-state index contributed by atoms with van der Waals surface area (Å²) in [7, 11) is -3.88. The van der Waals surface area contributed by atoms with Crippen molar-refractivity contribution in [3.05, 3.63) is 46.9 Å². The summed E-state index contributed by atoms with van der Waals surface area (Å²) in [5, 5.41) is 0.332. The smallest absolute Gasteiger partial charge is 0.226 e. The summed E-state index contributed by atoms with van der Waals surface area (Å²) in [4.78, 5) is 25.1. The van der Waals surface area contributed by atoms with Gasteiger partial charge >= 0.3 is 0 Å². The molecule has 2 saturated heterocycles. The van der Waals surface area contributed by atoms with E-state index in [0.717, 1.165) is 38.0 Å². The minimum atomic E-state index is -3.88. The maximum Gasteiger partial charge on any atom is 0.226 e. The van der Waals surface area contributed by atoms with Crippen LogP contribution in [-0.2, 0) is 21.1 Å². The third kappa shape index (κ3) is 6.40. The molecule has 2 aromatic rings. The van der Waals surface area contributed by atoms with Gasteiger partial charge in [0, 0.05) is 37.8 Å². The van der Waals surface area contributed by atoms with Gasteiger partial charge < -0.3 is 9.80 Å². The summed E-state index contributed by atoms with van der Waals surface area (Å²) in [5.41, 5.74) is 0.0273. The Morgan fingerprint density at radius 3 is 2.43 bits per heavy atom. The number of halogens is 4. The van der Waals surface area contributed by atoms with Gasteiger partial charge in [0.15, 0.2) is 9.84 Å². The molecule has 1 amide bonds. The molecule has 12 heteroatoms. The van der Waals surface area contributed by atoms with Gasteiger partial charge in [0.1, 0.15) is 27.5 Å². The monoisotopic (exact) mass is 548 g/mol. The van der Waals surface area contributed by atoms with Crippen molar-refractivity contribution in [3.63, 3.8) is 0 Å². The average Bonchev–Trinajstić information content (AvgIpc) is 2.97. The fourth-order valence-electron chi connectivity index (χ4n) is 4.86. The van der Waals surface area contributed by atoms with Gasteiger partial charge in [-0.15, -0.1) is 12.4 Å². The number of sulfone groups is 1. The minimum Gasteiger partial charge on any atom is -0.355 e. The lowest BCUT2D eigenvalue weighted by molar-refractivity contribution is -0.137. The van der Waals surface area contributed by atoms with Crippen LogP contribution < -0.4 is 4.90 Å². The van der Waals surface area contributed by atoms with Crippen molar-refractivity contribution in [2.75, 3.05) is 30.8 Å². The zero-order valence-corrected chi connectivity index (χ0v) is 21.7. The zero-order chi connectivity index (χ0) is 24.5. The van der Waals surface area contributed by atoms with Crippen LogP contribution in [0.2, 0.25) is 5.15 Å². The quantitative estimate of drug-likeness (QED) is 0.559. The Morgan fingerprint density at radius 1 is 1.06 bits per heavy atom. The van der Waals surface area contributed by atoms with E-state index in [0.29, 0.717) is 43.1 Å². The molecule has 0 unspecified atom stereocenters. The van der Waals surface area contributed by atoms with E-state index < -0.39 is 32.3 Å². The summed E-state index contributed by atoms with van der Waals surface area (Å²) >= 11 is 5.95. The van der Waals surface area contributed by atoms with E-state index in [1.54, 1.807) is 6.20 Å². The van der Waals surface area contributed by atoms with Crippen LogP contribution in [0.25, 0.3) is 0 Å². The van der Waals surface area contributed by atoms with E-state index in [-0.39, 0.29) is 36.3 Å². The van der Waals surface area contributed by atoms with Crippen molar-refractivity contribution in [1.29, 1.82) is 0 Å². The molecule has 0 aliphatic carbocycles. The third-order valence-electron chi connectivity index (χ3n) is 6.62. The molecule has 1 aromatic heterocycles. The molecule has 2 aliphatic rings. The summed E-state index contributed by atoms with van der Waals surface area (Å²) in [6, 6.07) is 1.69. The molecule has 35 heavy (non-hydrogen) atoms. The van der Waals surface area contributed by atoms with Crippen molar-refractivity contribution in [2.45, 2.75) is 49.5 Å². The molecule has 1 atom stereocenters. The molecule has 0 spiro atoms. The first-order valence-electron chi connectivity index (χ1n) is 11.3. The highest BCUT2D eigenvalue weighted by Gasteiger charge is 2.34. The molecular weight excluding hydrogens is 521 g/mol. The number of amides is 1. The fourth-order valence-corrected chi connectivity index (χ4v) is 5.73. The largest absolute Gasteiger partial charge is 0.355 e. The highest BCUT2D eigenvalue weighted by Crippen LogP contribution is 2.29.